The van der Waals surface area contributed by atoms with Gasteiger partial charge in [-0.15, -0.1) is 0 Å². The summed E-state index contributed by atoms with van der Waals surface area (Å²) in [5.74, 6) is -0.409. The predicted molar refractivity (Wildman–Crippen MR) is 66.4 cm³/mol. The first kappa shape index (κ1) is 14.3. The van der Waals surface area contributed by atoms with Gasteiger partial charge in [-0.05, 0) is 31.9 Å². The van der Waals surface area contributed by atoms with Crippen LogP contribution in [0.5, 0.6) is 0 Å². The van der Waals surface area contributed by atoms with Crippen molar-refractivity contribution < 1.29 is 19.1 Å². The molecule has 100 valence electrons. The first-order chi connectivity index (χ1) is 8.45. The van der Waals surface area contributed by atoms with E-state index < -0.39 is 11.4 Å². The quantitative estimate of drug-likeness (QED) is 0.814. The lowest BCUT2D eigenvalue weighted by Gasteiger charge is -2.26. The second kappa shape index (κ2) is 5.71. The number of carbonyl (C=O) groups is 2. The van der Waals surface area contributed by atoms with Gasteiger partial charge in [0.1, 0.15) is 5.76 Å². The van der Waals surface area contributed by atoms with Crippen LogP contribution in [0.4, 0.5) is 0 Å². The standard InChI is InChI=1S/C13H19NO4/c1-4-13(5-2,12(16)17)8-14-11(15)10-7-6-9(3)18-10/h6-7H,4-5,8H2,1-3H3,(H,14,15)(H,16,17). The Balaban J connectivity index is 2.69. The second-order valence-electron chi connectivity index (χ2n) is 4.39. The van der Waals surface area contributed by atoms with E-state index in [0.29, 0.717) is 18.6 Å². The highest BCUT2D eigenvalue weighted by Crippen LogP contribution is 2.25. The summed E-state index contributed by atoms with van der Waals surface area (Å²) in [6.45, 7) is 5.46. The molecule has 5 nitrogen and oxygen atoms in total. The van der Waals surface area contributed by atoms with Crippen LogP contribution in [0.25, 0.3) is 0 Å². The van der Waals surface area contributed by atoms with Crippen molar-refractivity contribution >= 4 is 11.9 Å². The maximum absolute atomic E-state index is 11.8. The van der Waals surface area contributed by atoms with Crippen LogP contribution in [0.1, 0.15) is 43.0 Å². The summed E-state index contributed by atoms with van der Waals surface area (Å²) >= 11 is 0. The number of carbonyl (C=O) groups excluding carboxylic acids is 1. The van der Waals surface area contributed by atoms with E-state index in [-0.39, 0.29) is 18.2 Å². The van der Waals surface area contributed by atoms with Crippen LogP contribution >= 0.6 is 0 Å². The number of carboxylic acid groups (broad SMARTS) is 1. The zero-order valence-corrected chi connectivity index (χ0v) is 10.9. The Labute approximate surface area is 106 Å². The molecule has 0 aliphatic heterocycles. The molecule has 0 aromatic carbocycles. The van der Waals surface area contributed by atoms with Crippen molar-refractivity contribution in [2.45, 2.75) is 33.6 Å². The average molecular weight is 253 g/mol. The van der Waals surface area contributed by atoms with Gasteiger partial charge in [0, 0.05) is 6.54 Å². The van der Waals surface area contributed by atoms with Crippen molar-refractivity contribution in [2.75, 3.05) is 6.54 Å². The topological polar surface area (TPSA) is 79.5 Å². The Morgan fingerprint density at radius 1 is 1.33 bits per heavy atom. The van der Waals surface area contributed by atoms with Crippen LogP contribution in [0.2, 0.25) is 0 Å². The first-order valence-electron chi connectivity index (χ1n) is 6.03. The van der Waals surface area contributed by atoms with Gasteiger partial charge in [0.15, 0.2) is 5.76 Å². The van der Waals surface area contributed by atoms with Crippen LogP contribution in [0, 0.1) is 12.3 Å². The Bertz CT molecular complexity index is 432. The molecule has 1 aromatic heterocycles. The van der Waals surface area contributed by atoms with E-state index in [1.54, 1.807) is 32.9 Å². The number of carboxylic acids is 1. The highest BCUT2D eigenvalue weighted by atomic mass is 16.4. The first-order valence-corrected chi connectivity index (χ1v) is 6.03. The monoisotopic (exact) mass is 253 g/mol. The lowest BCUT2D eigenvalue weighted by atomic mass is 9.82. The van der Waals surface area contributed by atoms with E-state index in [2.05, 4.69) is 5.32 Å². The fourth-order valence-electron chi connectivity index (χ4n) is 1.77. The number of aryl methyl sites for hydroxylation is 1. The molecule has 1 heterocycles. The zero-order valence-electron chi connectivity index (χ0n) is 10.9. The van der Waals surface area contributed by atoms with Gasteiger partial charge in [-0.3, -0.25) is 9.59 Å². The molecular formula is C13H19NO4. The number of aliphatic carboxylic acids is 1. The lowest BCUT2D eigenvalue weighted by Crippen LogP contribution is -2.42. The summed E-state index contributed by atoms with van der Waals surface area (Å²) in [7, 11) is 0. The zero-order chi connectivity index (χ0) is 13.8. The van der Waals surface area contributed by atoms with Crippen molar-refractivity contribution in [3.8, 4) is 0 Å². The smallest absolute Gasteiger partial charge is 0.311 e. The predicted octanol–water partition coefficient (Wildman–Crippen LogP) is 2.21. The minimum absolute atomic E-state index is 0.105. The van der Waals surface area contributed by atoms with Crippen LogP contribution in [-0.4, -0.2) is 23.5 Å². The summed E-state index contributed by atoms with van der Waals surface area (Å²) in [5.41, 5.74) is -0.905. The fourth-order valence-corrected chi connectivity index (χ4v) is 1.77. The van der Waals surface area contributed by atoms with Gasteiger partial charge in [0.25, 0.3) is 5.91 Å². The summed E-state index contributed by atoms with van der Waals surface area (Å²) in [6.07, 6.45) is 0.937. The molecule has 0 spiro atoms. The highest BCUT2D eigenvalue weighted by Gasteiger charge is 2.35. The molecule has 1 rings (SSSR count). The normalized spacial score (nSPS) is 11.3. The van der Waals surface area contributed by atoms with E-state index in [1.807, 2.05) is 0 Å². The van der Waals surface area contributed by atoms with Crippen molar-refractivity contribution in [3.63, 3.8) is 0 Å². The van der Waals surface area contributed by atoms with E-state index in [4.69, 9.17) is 4.42 Å². The molecule has 5 heteroatoms. The molecule has 0 aliphatic carbocycles. The number of hydrogen-bond donors (Lipinski definition) is 2. The molecule has 18 heavy (non-hydrogen) atoms. The molecule has 2 N–H and O–H groups in total. The fraction of sp³-hybridized carbons (Fsp3) is 0.538. The maximum Gasteiger partial charge on any atom is 0.311 e. The molecule has 0 saturated carbocycles. The summed E-state index contributed by atoms with van der Waals surface area (Å²) < 4.78 is 5.18. The number of amides is 1. The minimum atomic E-state index is -0.905. The summed E-state index contributed by atoms with van der Waals surface area (Å²) in [5, 5.41) is 11.9. The van der Waals surface area contributed by atoms with Crippen LogP contribution in [0.3, 0.4) is 0 Å². The molecule has 0 unspecified atom stereocenters. The third kappa shape index (κ3) is 2.91. The Morgan fingerprint density at radius 3 is 2.33 bits per heavy atom. The molecule has 0 fully saturated rings. The molecule has 0 atom stereocenters. The Hall–Kier alpha value is -1.78. The van der Waals surface area contributed by atoms with Gasteiger partial charge in [-0.1, -0.05) is 13.8 Å². The van der Waals surface area contributed by atoms with Gasteiger partial charge in [0.05, 0.1) is 5.41 Å². The van der Waals surface area contributed by atoms with Crippen LogP contribution < -0.4 is 5.32 Å². The Morgan fingerprint density at radius 2 is 1.94 bits per heavy atom. The van der Waals surface area contributed by atoms with Gasteiger partial charge in [-0.25, -0.2) is 0 Å². The summed E-state index contributed by atoms with van der Waals surface area (Å²) in [6, 6.07) is 3.27. The van der Waals surface area contributed by atoms with Crippen LogP contribution in [-0.2, 0) is 4.79 Å². The van der Waals surface area contributed by atoms with Crippen molar-refractivity contribution in [1.82, 2.24) is 5.32 Å². The molecule has 0 saturated heterocycles. The SMILES string of the molecule is CCC(CC)(CNC(=O)c1ccc(C)o1)C(=O)O. The second-order valence-corrected chi connectivity index (χ2v) is 4.39. The van der Waals surface area contributed by atoms with Crippen molar-refractivity contribution in [3.05, 3.63) is 23.7 Å². The number of hydrogen-bond acceptors (Lipinski definition) is 3. The van der Waals surface area contributed by atoms with Crippen LogP contribution in [0.15, 0.2) is 16.5 Å². The van der Waals surface area contributed by atoms with E-state index in [1.165, 1.54) is 0 Å². The highest BCUT2D eigenvalue weighted by molar-refractivity contribution is 5.91. The summed E-state index contributed by atoms with van der Waals surface area (Å²) in [4.78, 5) is 23.0. The van der Waals surface area contributed by atoms with Gasteiger partial charge < -0.3 is 14.8 Å². The molecule has 1 amide bonds. The lowest BCUT2D eigenvalue weighted by molar-refractivity contribution is -0.149. The Kier molecular flexibility index (Phi) is 4.53. The third-order valence-electron chi connectivity index (χ3n) is 3.36. The average Bonchev–Trinajstić information content (AvgIpc) is 2.77. The third-order valence-corrected chi connectivity index (χ3v) is 3.36. The van der Waals surface area contributed by atoms with E-state index in [9.17, 15) is 14.7 Å². The minimum Gasteiger partial charge on any atom is -0.481 e. The van der Waals surface area contributed by atoms with E-state index in [0.717, 1.165) is 0 Å². The van der Waals surface area contributed by atoms with Gasteiger partial charge in [0.2, 0.25) is 0 Å². The maximum atomic E-state index is 11.8. The number of furan rings is 1. The van der Waals surface area contributed by atoms with E-state index >= 15 is 0 Å². The molecule has 1 aromatic rings. The van der Waals surface area contributed by atoms with Gasteiger partial charge in [-0.2, -0.15) is 0 Å². The molecular weight excluding hydrogens is 234 g/mol. The largest absolute Gasteiger partial charge is 0.481 e. The number of nitrogens with one attached hydrogen (secondary N) is 1. The molecule has 0 aliphatic rings. The van der Waals surface area contributed by atoms with Crippen molar-refractivity contribution in [1.29, 1.82) is 0 Å². The molecule has 0 bridgehead atoms. The molecule has 0 radical (unpaired) electrons. The number of rotatable bonds is 6. The van der Waals surface area contributed by atoms with Crippen molar-refractivity contribution in [2.24, 2.45) is 5.41 Å². The van der Waals surface area contributed by atoms with Gasteiger partial charge >= 0.3 is 5.97 Å².